The van der Waals surface area contributed by atoms with Crippen LogP contribution in [0.2, 0.25) is 0 Å². The van der Waals surface area contributed by atoms with E-state index in [1.54, 1.807) is 18.4 Å². The largest absolute Gasteiger partial charge is 0.497 e. The van der Waals surface area contributed by atoms with E-state index in [-0.39, 0.29) is 0 Å². The summed E-state index contributed by atoms with van der Waals surface area (Å²) in [5, 5.41) is 4.28. The molecule has 1 N–H and O–H groups in total. The first-order valence-corrected chi connectivity index (χ1v) is 7.40. The van der Waals surface area contributed by atoms with Crippen LogP contribution in [-0.4, -0.2) is 12.1 Å². The van der Waals surface area contributed by atoms with E-state index in [4.69, 9.17) is 4.74 Å². The Morgan fingerprint density at radius 1 is 1.20 bits per heavy atom. The standard InChI is InChI=1S/C16H16N2OS/c1-3-11-5-4-6-12(9-11)17-16-18-14-8-7-13(19-2)10-15(14)20-16/h4-10H,3H2,1-2H3,(H,17,18). The first-order valence-electron chi connectivity index (χ1n) is 6.59. The van der Waals surface area contributed by atoms with Gasteiger partial charge in [0.15, 0.2) is 5.13 Å². The van der Waals surface area contributed by atoms with Gasteiger partial charge in [-0.05, 0) is 42.3 Å². The fourth-order valence-electron chi connectivity index (χ4n) is 2.08. The molecule has 102 valence electrons. The molecule has 0 amide bonds. The zero-order chi connectivity index (χ0) is 13.9. The molecule has 0 spiro atoms. The topological polar surface area (TPSA) is 34.2 Å². The predicted molar refractivity (Wildman–Crippen MR) is 85.3 cm³/mol. The van der Waals surface area contributed by atoms with Crippen LogP contribution < -0.4 is 10.1 Å². The maximum absolute atomic E-state index is 5.24. The van der Waals surface area contributed by atoms with Crippen molar-refractivity contribution in [2.24, 2.45) is 0 Å². The third-order valence-corrected chi connectivity index (χ3v) is 4.12. The van der Waals surface area contributed by atoms with Crippen molar-refractivity contribution in [3.63, 3.8) is 0 Å². The molecule has 0 aliphatic heterocycles. The lowest BCUT2D eigenvalue weighted by Gasteiger charge is -2.03. The summed E-state index contributed by atoms with van der Waals surface area (Å²) >= 11 is 1.63. The maximum Gasteiger partial charge on any atom is 0.188 e. The van der Waals surface area contributed by atoms with Crippen molar-refractivity contribution < 1.29 is 4.74 Å². The number of nitrogens with one attached hydrogen (secondary N) is 1. The van der Waals surface area contributed by atoms with Gasteiger partial charge < -0.3 is 10.1 Å². The Labute approximate surface area is 122 Å². The van der Waals surface area contributed by atoms with Crippen molar-refractivity contribution in [3.05, 3.63) is 48.0 Å². The number of ether oxygens (including phenoxy) is 1. The van der Waals surface area contributed by atoms with Gasteiger partial charge in [0.1, 0.15) is 5.75 Å². The van der Waals surface area contributed by atoms with E-state index in [2.05, 4.69) is 41.5 Å². The molecule has 0 aliphatic rings. The number of rotatable bonds is 4. The first-order chi connectivity index (χ1) is 9.78. The van der Waals surface area contributed by atoms with Gasteiger partial charge in [-0.1, -0.05) is 30.4 Å². The summed E-state index contributed by atoms with van der Waals surface area (Å²) in [6, 6.07) is 14.4. The van der Waals surface area contributed by atoms with E-state index in [9.17, 15) is 0 Å². The van der Waals surface area contributed by atoms with Gasteiger partial charge in [0.05, 0.1) is 17.3 Å². The zero-order valence-corrected chi connectivity index (χ0v) is 12.3. The SMILES string of the molecule is CCc1cccc(Nc2nc3ccc(OC)cc3s2)c1. The number of hydrogen-bond acceptors (Lipinski definition) is 4. The van der Waals surface area contributed by atoms with Crippen LogP contribution in [0.1, 0.15) is 12.5 Å². The number of nitrogens with zero attached hydrogens (tertiary/aromatic N) is 1. The zero-order valence-electron chi connectivity index (χ0n) is 11.5. The number of aryl methyl sites for hydroxylation is 1. The second-order valence-electron chi connectivity index (χ2n) is 4.53. The normalized spacial score (nSPS) is 10.7. The number of anilines is 2. The van der Waals surface area contributed by atoms with Gasteiger partial charge in [-0.25, -0.2) is 4.98 Å². The van der Waals surface area contributed by atoms with Crippen molar-refractivity contribution in [2.75, 3.05) is 12.4 Å². The van der Waals surface area contributed by atoms with E-state index in [1.165, 1.54) is 5.56 Å². The lowest BCUT2D eigenvalue weighted by Crippen LogP contribution is -1.90. The van der Waals surface area contributed by atoms with Crippen LogP contribution in [0.25, 0.3) is 10.2 Å². The Bertz CT molecular complexity index is 736. The summed E-state index contributed by atoms with van der Waals surface area (Å²) < 4.78 is 6.36. The van der Waals surface area contributed by atoms with Crippen LogP contribution >= 0.6 is 11.3 Å². The smallest absolute Gasteiger partial charge is 0.188 e. The highest BCUT2D eigenvalue weighted by molar-refractivity contribution is 7.22. The fraction of sp³-hybridized carbons (Fsp3) is 0.188. The lowest BCUT2D eigenvalue weighted by molar-refractivity contribution is 0.415. The van der Waals surface area contributed by atoms with Crippen molar-refractivity contribution in [1.29, 1.82) is 0 Å². The Morgan fingerprint density at radius 3 is 2.90 bits per heavy atom. The molecular formula is C16H16N2OS. The number of fused-ring (bicyclic) bond motifs is 1. The minimum Gasteiger partial charge on any atom is -0.497 e. The minimum absolute atomic E-state index is 0.862. The van der Waals surface area contributed by atoms with Crippen LogP contribution in [0.5, 0.6) is 5.75 Å². The molecule has 4 heteroatoms. The maximum atomic E-state index is 5.24. The van der Waals surface area contributed by atoms with Gasteiger partial charge in [0.2, 0.25) is 0 Å². The summed E-state index contributed by atoms with van der Waals surface area (Å²) in [6.45, 7) is 2.16. The number of aromatic nitrogens is 1. The molecule has 3 rings (SSSR count). The van der Waals surface area contributed by atoms with Crippen molar-refractivity contribution in [2.45, 2.75) is 13.3 Å². The molecule has 0 saturated carbocycles. The molecule has 0 bridgehead atoms. The van der Waals surface area contributed by atoms with E-state index >= 15 is 0 Å². The molecule has 20 heavy (non-hydrogen) atoms. The molecule has 3 aromatic rings. The molecule has 1 aromatic heterocycles. The highest BCUT2D eigenvalue weighted by atomic mass is 32.1. The highest BCUT2D eigenvalue weighted by Gasteiger charge is 2.05. The van der Waals surface area contributed by atoms with Crippen molar-refractivity contribution >= 4 is 32.4 Å². The average molecular weight is 284 g/mol. The Hall–Kier alpha value is -2.07. The van der Waals surface area contributed by atoms with Gasteiger partial charge >= 0.3 is 0 Å². The fourth-order valence-corrected chi connectivity index (χ4v) is 2.99. The van der Waals surface area contributed by atoms with E-state index in [0.717, 1.165) is 33.2 Å². The van der Waals surface area contributed by atoms with Gasteiger partial charge in [0.25, 0.3) is 0 Å². The Kier molecular flexibility index (Phi) is 3.56. The monoisotopic (exact) mass is 284 g/mol. The molecular weight excluding hydrogens is 268 g/mol. The van der Waals surface area contributed by atoms with Crippen LogP contribution in [0.4, 0.5) is 10.8 Å². The summed E-state index contributed by atoms with van der Waals surface area (Å²) in [4.78, 5) is 4.59. The third-order valence-electron chi connectivity index (χ3n) is 3.18. The molecule has 0 unspecified atom stereocenters. The molecule has 0 saturated heterocycles. The van der Waals surface area contributed by atoms with Gasteiger partial charge in [-0.2, -0.15) is 0 Å². The summed E-state index contributed by atoms with van der Waals surface area (Å²) in [5.74, 6) is 0.862. The molecule has 0 aliphatic carbocycles. The lowest BCUT2D eigenvalue weighted by atomic mass is 10.1. The second kappa shape index (κ2) is 5.51. The first kappa shape index (κ1) is 12.9. The Balaban J connectivity index is 1.90. The van der Waals surface area contributed by atoms with Crippen LogP contribution in [0, 0.1) is 0 Å². The summed E-state index contributed by atoms with van der Waals surface area (Å²) in [5.41, 5.74) is 3.39. The third kappa shape index (κ3) is 2.60. The van der Waals surface area contributed by atoms with E-state index < -0.39 is 0 Å². The number of thiazole rings is 1. The molecule has 0 radical (unpaired) electrons. The molecule has 0 atom stereocenters. The summed E-state index contributed by atoms with van der Waals surface area (Å²) in [7, 11) is 1.68. The van der Waals surface area contributed by atoms with Crippen molar-refractivity contribution in [1.82, 2.24) is 4.98 Å². The minimum atomic E-state index is 0.862. The van der Waals surface area contributed by atoms with E-state index in [1.807, 2.05) is 18.2 Å². The number of benzene rings is 2. The molecule has 0 fully saturated rings. The predicted octanol–water partition coefficient (Wildman–Crippen LogP) is 4.61. The van der Waals surface area contributed by atoms with E-state index in [0.29, 0.717) is 0 Å². The summed E-state index contributed by atoms with van der Waals surface area (Å²) in [6.07, 6.45) is 1.03. The number of methoxy groups -OCH3 is 1. The quantitative estimate of drug-likeness (QED) is 0.759. The number of hydrogen-bond donors (Lipinski definition) is 1. The van der Waals surface area contributed by atoms with Gasteiger partial charge in [-0.15, -0.1) is 0 Å². The second-order valence-corrected chi connectivity index (χ2v) is 5.56. The Morgan fingerprint density at radius 2 is 2.10 bits per heavy atom. The van der Waals surface area contributed by atoms with Gasteiger partial charge in [0, 0.05) is 5.69 Å². The van der Waals surface area contributed by atoms with Crippen LogP contribution in [-0.2, 0) is 6.42 Å². The molecule has 1 heterocycles. The molecule has 2 aromatic carbocycles. The highest BCUT2D eigenvalue weighted by Crippen LogP contribution is 2.31. The van der Waals surface area contributed by atoms with Crippen LogP contribution in [0.15, 0.2) is 42.5 Å². The van der Waals surface area contributed by atoms with Crippen molar-refractivity contribution in [3.8, 4) is 5.75 Å². The van der Waals surface area contributed by atoms with Crippen LogP contribution in [0.3, 0.4) is 0 Å². The molecule has 3 nitrogen and oxygen atoms in total. The van der Waals surface area contributed by atoms with Gasteiger partial charge in [-0.3, -0.25) is 0 Å². The average Bonchev–Trinajstić information content (AvgIpc) is 2.88.